The van der Waals surface area contributed by atoms with E-state index in [1.165, 1.54) is 0 Å². The summed E-state index contributed by atoms with van der Waals surface area (Å²) in [6.07, 6.45) is -4.64. The SMILES string of the molecule is O=C1CSc2c(cc(C(F)(F)F)cc2NS(=O)[O-])N1. The zero-order valence-corrected chi connectivity index (χ0v) is 10.7. The fourth-order valence-corrected chi connectivity index (χ4v) is 2.81. The van der Waals surface area contributed by atoms with E-state index in [2.05, 4.69) is 5.32 Å². The fourth-order valence-electron chi connectivity index (χ4n) is 1.53. The normalized spacial score (nSPS) is 16.5. The zero-order chi connectivity index (χ0) is 14.2. The molecule has 0 fully saturated rings. The number of nitrogens with one attached hydrogen (secondary N) is 2. The van der Waals surface area contributed by atoms with Gasteiger partial charge in [-0.05, 0) is 12.1 Å². The maximum atomic E-state index is 12.7. The van der Waals surface area contributed by atoms with E-state index >= 15 is 0 Å². The third kappa shape index (κ3) is 3.19. The third-order valence-electron chi connectivity index (χ3n) is 2.23. The number of carbonyl (C=O) groups excluding carboxylic acids is 1. The Morgan fingerprint density at radius 3 is 2.68 bits per heavy atom. The van der Waals surface area contributed by atoms with Gasteiger partial charge in [-0.3, -0.25) is 9.00 Å². The van der Waals surface area contributed by atoms with Crippen LogP contribution in [0.1, 0.15) is 5.56 Å². The Balaban J connectivity index is 2.54. The molecule has 1 amide bonds. The number of hydrogen-bond acceptors (Lipinski definition) is 4. The molecule has 0 spiro atoms. The summed E-state index contributed by atoms with van der Waals surface area (Å²) in [5.74, 6) is -0.426. The fraction of sp³-hybridized carbons (Fsp3) is 0.222. The lowest BCUT2D eigenvalue weighted by Crippen LogP contribution is -2.21. The molecule has 1 aliphatic heterocycles. The Morgan fingerprint density at radius 2 is 2.11 bits per heavy atom. The van der Waals surface area contributed by atoms with Crippen molar-refractivity contribution in [1.82, 2.24) is 0 Å². The summed E-state index contributed by atoms with van der Waals surface area (Å²) < 4.78 is 61.1. The largest absolute Gasteiger partial charge is 0.755 e. The highest BCUT2D eigenvalue weighted by Crippen LogP contribution is 2.42. The third-order valence-corrected chi connectivity index (χ3v) is 3.75. The van der Waals surface area contributed by atoms with Gasteiger partial charge in [0.25, 0.3) is 0 Å². The number of halogens is 3. The van der Waals surface area contributed by atoms with Gasteiger partial charge in [0.05, 0.1) is 27.6 Å². The lowest BCUT2D eigenvalue weighted by Gasteiger charge is -2.22. The number of rotatable bonds is 2. The molecule has 2 rings (SSSR count). The van der Waals surface area contributed by atoms with Gasteiger partial charge in [0, 0.05) is 11.3 Å². The number of amides is 1. The molecule has 0 radical (unpaired) electrons. The molecule has 5 nitrogen and oxygen atoms in total. The van der Waals surface area contributed by atoms with E-state index in [4.69, 9.17) is 0 Å². The molecule has 0 aliphatic carbocycles. The highest BCUT2D eigenvalue weighted by atomic mass is 32.2. The Labute approximate surface area is 112 Å². The van der Waals surface area contributed by atoms with Crippen molar-refractivity contribution in [2.45, 2.75) is 11.1 Å². The van der Waals surface area contributed by atoms with Gasteiger partial charge >= 0.3 is 6.18 Å². The first kappa shape index (κ1) is 14.2. The molecule has 1 atom stereocenters. The summed E-state index contributed by atoms with van der Waals surface area (Å²) in [5.41, 5.74) is -1.30. The molecule has 0 bridgehead atoms. The molecule has 0 aromatic heterocycles. The topological polar surface area (TPSA) is 81.3 Å². The van der Waals surface area contributed by atoms with E-state index in [0.29, 0.717) is 6.07 Å². The van der Waals surface area contributed by atoms with Gasteiger partial charge in [0.2, 0.25) is 5.91 Å². The molecule has 1 heterocycles. The lowest BCUT2D eigenvalue weighted by molar-refractivity contribution is -0.137. The zero-order valence-electron chi connectivity index (χ0n) is 9.04. The molecule has 1 unspecified atom stereocenters. The van der Waals surface area contributed by atoms with E-state index in [0.717, 1.165) is 17.8 Å². The van der Waals surface area contributed by atoms with Crippen LogP contribution in [0.15, 0.2) is 17.0 Å². The first-order valence-corrected chi connectivity index (χ1v) is 6.87. The Bertz CT molecular complexity index is 562. The summed E-state index contributed by atoms with van der Waals surface area (Å²) >= 11 is -1.78. The quantitative estimate of drug-likeness (QED) is 0.818. The number of benzene rings is 1. The van der Waals surface area contributed by atoms with Crippen molar-refractivity contribution >= 4 is 40.3 Å². The molecular formula is C9H6F3N2O3S2-. The number of anilines is 2. The van der Waals surface area contributed by atoms with E-state index in [1.807, 2.05) is 4.72 Å². The van der Waals surface area contributed by atoms with E-state index in [1.54, 1.807) is 0 Å². The summed E-state index contributed by atoms with van der Waals surface area (Å²) in [6, 6.07) is 1.47. The van der Waals surface area contributed by atoms with Crippen LogP contribution in [-0.2, 0) is 22.2 Å². The van der Waals surface area contributed by atoms with Crippen LogP contribution in [-0.4, -0.2) is 20.4 Å². The van der Waals surface area contributed by atoms with Crippen LogP contribution in [0.3, 0.4) is 0 Å². The molecule has 10 heteroatoms. The maximum Gasteiger partial charge on any atom is 0.416 e. The molecule has 0 saturated heterocycles. The van der Waals surface area contributed by atoms with E-state index in [9.17, 15) is 26.7 Å². The molecule has 1 aromatic carbocycles. The number of fused-ring (bicyclic) bond motifs is 1. The Kier molecular flexibility index (Phi) is 3.74. The average molecular weight is 311 g/mol. The monoisotopic (exact) mass is 311 g/mol. The minimum Gasteiger partial charge on any atom is -0.755 e. The van der Waals surface area contributed by atoms with Gasteiger partial charge in [0.1, 0.15) is 0 Å². The summed E-state index contributed by atoms with van der Waals surface area (Å²) in [6.45, 7) is 0. The van der Waals surface area contributed by atoms with Crippen LogP contribution in [0.2, 0.25) is 0 Å². The average Bonchev–Trinajstić information content (AvgIpc) is 2.26. The van der Waals surface area contributed by atoms with E-state index in [-0.39, 0.29) is 22.0 Å². The summed E-state index contributed by atoms with van der Waals surface area (Å²) in [7, 11) is 0. The number of carbonyl (C=O) groups is 1. The highest BCUT2D eigenvalue weighted by Gasteiger charge is 2.33. The van der Waals surface area contributed by atoms with Crippen molar-refractivity contribution in [2.24, 2.45) is 0 Å². The van der Waals surface area contributed by atoms with Crippen LogP contribution >= 0.6 is 11.8 Å². The number of thioether (sulfide) groups is 1. The molecule has 0 saturated carbocycles. The second-order valence-electron chi connectivity index (χ2n) is 3.57. The molecular weight excluding hydrogens is 305 g/mol. The van der Waals surface area contributed by atoms with Crippen molar-refractivity contribution in [3.63, 3.8) is 0 Å². The minimum atomic E-state index is -4.64. The number of hydrogen-bond donors (Lipinski definition) is 2. The summed E-state index contributed by atoms with van der Waals surface area (Å²) in [4.78, 5) is 11.4. The molecule has 1 aromatic rings. The second-order valence-corrected chi connectivity index (χ2v) is 5.23. The van der Waals surface area contributed by atoms with Gasteiger partial charge < -0.3 is 14.6 Å². The van der Waals surface area contributed by atoms with Crippen LogP contribution in [0.4, 0.5) is 24.5 Å². The van der Waals surface area contributed by atoms with Crippen LogP contribution in [0, 0.1) is 0 Å². The van der Waals surface area contributed by atoms with Crippen molar-refractivity contribution in [2.75, 3.05) is 15.8 Å². The Hall–Kier alpha value is -1.26. The predicted molar refractivity (Wildman–Crippen MR) is 63.3 cm³/mol. The molecule has 19 heavy (non-hydrogen) atoms. The van der Waals surface area contributed by atoms with Crippen LogP contribution in [0.25, 0.3) is 0 Å². The van der Waals surface area contributed by atoms with Crippen molar-refractivity contribution < 1.29 is 26.7 Å². The maximum absolute atomic E-state index is 12.7. The lowest BCUT2D eigenvalue weighted by atomic mass is 10.1. The Morgan fingerprint density at radius 1 is 1.42 bits per heavy atom. The minimum absolute atomic E-state index is 0.0124. The van der Waals surface area contributed by atoms with Gasteiger partial charge in [-0.1, -0.05) is 0 Å². The van der Waals surface area contributed by atoms with Gasteiger partial charge in [0.15, 0.2) is 0 Å². The van der Waals surface area contributed by atoms with Crippen LogP contribution < -0.4 is 10.0 Å². The van der Waals surface area contributed by atoms with Crippen LogP contribution in [0.5, 0.6) is 0 Å². The molecule has 2 N–H and O–H groups in total. The second kappa shape index (κ2) is 5.02. The number of alkyl halides is 3. The summed E-state index contributed by atoms with van der Waals surface area (Å²) in [5, 5.41) is 2.29. The smallest absolute Gasteiger partial charge is 0.416 e. The van der Waals surface area contributed by atoms with Crippen molar-refractivity contribution in [3.8, 4) is 0 Å². The van der Waals surface area contributed by atoms with Gasteiger partial charge in [-0.25, -0.2) is 0 Å². The van der Waals surface area contributed by atoms with Crippen molar-refractivity contribution in [1.29, 1.82) is 0 Å². The first-order chi connectivity index (χ1) is 8.77. The molecule has 104 valence electrons. The predicted octanol–water partition coefficient (Wildman–Crippen LogP) is 1.96. The van der Waals surface area contributed by atoms with Crippen molar-refractivity contribution in [3.05, 3.63) is 17.7 Å². The van der Waals surface area contributed by atoms with Gasteiger partial charge in [-0.15, -0.1) is 11.8 Å². The standard InChI is InChI=1S/C9H7F3N2O3S2/c10-9(11,12)4-1-5-8(18-3-7(15)13-5)6(2-4)14-19(16)17/h1-2,14H,3H2,(H,13,15)(H,16,17)/p-1. The first-order valence-electron chi connectivity index (χ1n) is 4.81. The molecule has 1 aliphatic rings. The van der Waals surface area contributed by atoms with Gasteiger partial charge in [-0.2, -0.15) is 13.2 Å². The highest BCUT2D eigenvalue weighted by molar-refractivity contribution is 8.00. The van der Waals surface area contributed by atoms with E-state index < -0.39 is 28.9 Å².